The number of carbonyl (C=O) groups is 2. The number of rotatable bonds is 6. The molecule has 2 aliphatic rings. The topological polar surface area (TPSA) is 74.8 Å². The van der Waals surface area contributed by atoms with Crippen molar-refractivity contribution in [1.82, 2.24) is 20.1 Å². The minimum atomic E-state index is 0.00311. The molecular weight excluding hydrogens is 368 g/mol. The van der Waals surface area contributed by atoms with E-state index < -0.39 is 0 Å². The first-order chi connectivity index (χ1) is 14.2. The van der Waals surface area contributed by atoms with Gasteiger partial charge in [0.05, 0.1) is 18.8 Å². The number of carbonyl (C=O) groups excluding carboxylic acids is 2. The Bertz CT molecular complexity index is 858. The van der Waals surface area contributed by atoms with Crippen molar-refractivity contribution in [3.63, 3.8) is 0 Å². The number of fused-ring (bicyclic) bond motifs is 1. The van der Waals surface area contributed by atoms with Crippen LogP contribution in [0.15, 0.2) is 48.7 Å². The average molecular weight is 394 g/mol. The Kier molecular flexibility index (Phi) is 6.05. The highest BCUT2D eigenvalue weighted by atomic mass is 16.5. The fraction of sp³-hybridized carbons (Fsp3) is 0.409. The second-order valence-corrected chi connectivity index (χ2v) is 7.57. The number of nitrogens with one attached hydrogen (secondary N) is 1. The van der Waals surface area contributed by atoms with Gasteiger partial charge in [0.25, 0.3) is 0 Å². The van der Waals surface area contributed by atoms with E-state index in [0.717, 1.165) is 23.4 Å². The Balaban J connectivity index is 1.44. The number of ether oxygens (including phenoxy) is 1. The summed E-state index contributed by atoms with van der Waals surface area (Å²) in [6.07, 6.45) is 3.02. The van der Waals surface area contributed by atoms with E-state index in [-0.39, 0.29) is 17.9 Å². The number of nitrogens with zero attached hydrogens (tertiary/aromatic N) is 3. The van der Waals surface area contributed by atoms with Crippen molar-refractivity contribution in [3.05, 3.63) is 59.9 Å². The van der Waals surface area contributed by atoms with Crippen LogP contribution in [0, 0.1) is 0 Å². The molecule has 152 valence electrons. The quantitative estimate of drug-likeness (QED) is 0.805. The van der Waals surface area contributed by atoms with Gasteiger partial charge in [-0.05, 0) is 24.6 Å². The van der Waals surface area contributed by atoms with Crippen molar-refractivity contribution in [2.45, 2.75) is 32.0 Å². The summed E-state index contributed by atoms with van der Waals surface area (Å²) in [7, 11) is 0. The normalized spacial score (nSPS) is 19.0. The monoisotopic (exact) mass is 394 g/mol. The van der Waals surface area contributed by atoms with Gasteiger partial charge in [0, 0.05) is 43.9 Å². The molecule has 7 nitrogen and oxygen atoms in total. The van der Waals surface area contributed by atoms with Crippen molar-refractivity contribution in [2.75, 3.05) is 26.2 Å². The fourth-order valence-electron chi connectivity index (χ4n) is 3.83. The van der Waals surface area contributed by atoms with Gasteiger partial charge in [0.2, 0.25) is 11.8 Å². The summed E-state index contributed by atoms with van der Waals surface area (Å²) >= 11 is 0. The molecule has 0 bridgehead atoms. The Morgan fingerprint density at radius 2 is 2.10 bits per heavy atom. The highest BCUT2D eigenvalue weighted by molar-refractivity contribution is 5.80. The van der Waals surface area contributed by atoms with E-state index in [1.54, 1.807) is 6.20 Å². The van der Waals surface area contributed by atoms with Crippen LogP contribution in [0.2, 0.25) is 0 Å². The van der Waals surface area contributed by atoms with Gasteiger partial charge in [-0.3, -0.25) is 19.5 Å². The first-order valence-electron chi connectivity index (χ1n) is 10.1. The second kappa shape index (κ2) is 9.05. The molecule has 0 saturated carbocycles. The highest BCUT2D eigenvalue weighted by Crippen LogP contribution is 2.22. The first kappa shape index (κ1) is 19.4. The van der Waals surface area contributed by atoms with Crippen LogP contribution in [0.1, 0.15) is 24.1 Å². The van der Waals surface area contributed by atoms with Gasteiger partial charge in [-0.25, -0.2) is 0 Å². The second-order valence-electron chi connectivity index (χ2n) is 7.57. The molecule has 1 aromatic heterocycles. The average Bonchev–Trinajstić information content (AvgIpc) is 3.02. The van der Waals surface area contributed by atoms with E-state index in [1.165, 1.54) is 0 Å². The zero-order valence-electron chi connectivity index (χ0n) is 16.4. The lowest BCUT2D eigenvalue weighted by Gasteiger charge is -2.28. The molecule has 29 heavy (non-hydrogen) atoms. The molecule has 1 saturated heterocycles. The van der Waals surface area contributed by atoms with Crippen LogP contribution in [0.4, 0.5) is 0 Å². The smallest absolute Gasteiger partial charge is 0.237 e. The van der Waals surface area contributed by atoms with Gasteiger partial charge in [-0.1, -0.05) is 24.3 Å². The lowest BCUT2D eigenvalue weighted by Crippen LogP contribution is -2.46. The molecule has 4 rings (SSSR count). The van der Waals surface area contributed by atoms with Crippen molar-refractivity contribution >= 4 is 11.8 Å². The lowest BCUT2D eigenvalue weighted by molar-refractivity contribution is -0.134. The summed E-state index contributed by atoms with van der Waals surface area (Å²) in [5.41, 5.74) is 1.94. The maximum atomic E-state index is 13.2. The number of hydrogen-bond acceptors (Lipinski definition) is 5. The van der Waals surface area contributed by atoms with Gasteiger partial charge in [-0.2, -0.15) is 0 Å². The standard InChI is InChI=1S/C22H26N4O3/c27-21-9-8-19(24-21)15-26(14-18-6-3-4-10-23-18)22(28)16-25-11-12-29-20-7-2-1-5-17(20)13-25/h1-7,10,19H,8-9,11-16H2,(H,24,27). The van der Waals surface area contributed by atoms with Crippen LogP contribution in [-0.2, 0) is 22.7 Å². The van der Waals surface area contributed by atoms with Crippen LogP contribution in [0.25, 0.3) is 0 Å². The van der Waals surface area contributed by atoms with Crippen LogP contribution in [-0.4, -0.2) is 58.9 Å². The number of aromatic nitrogens is 1. The summed E-state index contributed by atoms with van der Waals surface area (Å²) in [6, 6.07) is 13.7. The minimum Gasteiger partial charge on any atom is -0.492 e. The van der Waals surface area contributed by atoms with E-state index in [9.17, 15) is 9.59 Å². The summed E-state index contributed by atoms with van der Waals surface area (Å²) in [6.45, 7) is 3.18. The number of hydrogen-bond donors (Lipinski definition) is 1. The number of pyridine rings is 1. The third kappa shape index (κ3) is 5.12. The maximum absolute atomic E-state index is 13.2. The molecule has 0 spiro atoms. The number of amides is 2. The molecule has 7 heteroatoms. The first-order valence-corrected chi connectivity index (χ1v) is 10.1. The van der Waals surface area contributed by atoms with E-state index in [1.807, 2.05) is 47.4 Å². The molecule has 2 amide bonds. The summed E-state index contributed by atoms with van der Waals surface area (Å²) in [4.78, 5) is 33.1. The minimum absolute atomic E-state index is 0.00311. The maximum Gasteiger partial charge on any atom is 0.237 e. The van der Waals surface area contributed by atoms with Gasteiger partial charge in [0.1, 0.15) is 12.4 Å². The van der Waals surface area contributed by atoms with Gasteiger partial charge < -0.3 is 15.0 Å². The number of benzene rings is 1. The van der Waals surface area contributed by atoms with Crippen molar-refractivity contribution < 1.29 is 14.3 Å². The molecule has 1 N–H and O–H groups in total. The van der Waals surface area contributed by atoms with Crippen LogP contribution >= 0.6 is 0 Å². The lowest BCUT2D eigenvalue weighted by atomic mass is 10.2. The van der Waals surface area contributed by atoms with Crippen molar-refractivity contribution in [3.8, 4) is 5.75 Å². The van der Waals surface area contributed by atoms with Crippen LogP contribution < -0.4 is 10.1 Å². The molecule has 0 aliphatic carbocycles. The van der Waals surface area contributed by atoms with E-state index in [4.69, 9.17) is 4.74 Å². The third-order valence-electron chi connectivity index (χ3n) is 5.35. The van der Waals surface area contributed by atoms with E-state index in [2.05, 4.69) is 15.2 Å². The Hall–Kier alpha value is -2.93. The third-order valence-corrected chi connectivity index (χ3v) is 5.35. The predicted molar refractivity (Wildman–Crippen MR) is 108 cm³/mol. The molecule has 1 aromatic carbocycles. The zero-order chi connectivity index (χ0) is 20.1. The molecule has 0 radical (unpaired) electrons. The molecular formula is C22H26N4O3. The Morgan fingerprint density at radius 1 is 1.24 bits per heavy atom. The highest BCUT2D eigenvalue weighted by Gasteiger charge is 2.27. The predicted octanol–water partition coefficient (Wildman–Crippen LogP) is 1.58. The summed E-state index contributed by atoms with van der Waals surface area (Å²) in [5, 5.41) is 2.96. The molecule has 1 fully saturated rings. The molecule has 3 heterocycles. The van der Waals surface area contributed by atoms with Crippen LogP contribution in [0.5, 0.6) is 5.75 Å². The van der Waals surface area contributed by atoms with E-state index >= 15 is 0 Å². The largest absolute Gasteiger partial charge is 0.492 e. The van der Waals surface area contributed by atoms with Gasteiger partial charge in [-0.15, -0.1) is 0 Å². The molecule has 2 aliphatic heterocycles. The van der Waals surface area contributed by atoms with Crippen LogP contribution in [0.3, 0.4) is 0 Å². The van der Waals surface area contributed by atoms with Gasteiger partial charge >= 0.3 is 0 Å². The number of para-hydroxylation sites is 1. The summed E-state index contributed by atoms with van der Waals surface area (Å²) < 4.78 is 5.81. The van der Waals surface area contributed by atoms with Crippen molar-refractivity contribution in [1.29, 1.82) is 0 Å². The Labute approximate surface area is 170 Å². The summed E-state index contributed by atoms with van der Waals surface area (Å²) in [5.74, 6) is 0.985. The fourth-order valence-corrected chi connectivity index (χ4v) is 3.83. The zero-order valence-corrected chi connectivity index (χ0v) is 16.4. The molecule has 2 aromatic rings. The molecule has 1 atom stereocenters. The SMILES string of the molecule is O=C1CCC(CN(Cc2ccccn2)C(=O)CN2CCOc3ccccc3C2)N1. The van der Waals surface area contributed by atoms with E-state index in [0.29, 0.717) is 45.8 Å². The molecule has 1 unspecified atom stereocenters. The Morgan fingerprint density at radius 3 is 2.90 bits per heavy atom. The van der Waals surface area contributed by atoms with Crippen molar-refractivity contribution in [2.24, 2.45) is 0 Å². The van der Waals surface area contributed by atoms with Gasteiger partial charge in [0.15, 0.2) is 0 Å².